The predicted molar refractivity (Wildman–Crippen MR) is 216 cm³/mol. The van der Waals surface area contributed by atoms with Crippen LogP contribution in [0.3, 0.4) is 0 Å². The number of hydrogen-bond donors (Lipinski definition) is 0. The van der Waals surface area contributed by atoms with Crippen LogP contribution in [0.4, 0.5) is 17.1 Å². The van der Waals surface area contributed by atoms with E-state index >= 15 is 0 Å². The topological polar surface area (TPSA) is 16.4 Å². The first-order chi connectivity index (χ1) is 26.2. The van der Waals surface area contributed by atoms with E-state index < -0.39 is 0 Å². The molecule has 4 fully saturated rings. The van der Waals surface area contributed by atoms with Crippen LogP contribution in [0.15, 0.2) is 168 Å². The van der Waals surface area contributed by atoms with Crippen LogP contribution in [-0.2, 0) is 5.41 Å². The maximum atomic E-state index is 6.29. The molecule has 7 aromatic carbocycles. The predicted octanol–water partition coefficient (Wildman–Crippen LogP) is 13.3. The summed E-state index contributed by atoms with van der Waals surface area (Å²) in [5.41, 5.74) is 17.3. The number of hydrogen-bond acceptors (Lipinski definition) is 2. The lowest BCUT2D eigenvalue weighted by molar-refractivity contribution is -0.412. The summed E-state index contributed by atoms with van der Waals surface area (Å²) in [5.74, 6) is 3.53. The van der Waals surface area contributed by atoms with Gasteiger partial charge in [0, 0.05) is 33.2 Å². The molecule has 0 saturated heterocycles. The van der Waals surface area contributed by atoms with Crippen LogP contribution < -0.4 is 4.90 Å². The monoisotopic (exact) mass is 679 g/mol. The maximum absolute atomic E-state index is 6.29. The highest BCUT2D eigenvalue weighted by Crippen LogP contribution is 2.94. The molecule has 1 aromatic heterocycles. The SMILES string of the molecule is c1ccc(-c2ccc(N(c3ccc4c(c3)-c3ccc(-c5ccccc5)cc3C43C4CC5CC6CC3C564)c3ccc4oc5ccccc5c4c3)cc2)cc1. The Bertz CT molecular complexity index is 2770. The molecule has 4 saturated carbocycles. The molecule has 1 heterocycles. The second-order valence-corrected chi connectivity index (χ2v) is 16.5. The van der Waals surface area contributed by atoms with Crippen molar-refractivity contribution in [3.8, 4) is 33.4 Å². The van der Waals surface area contributed by atoms with Crippen LogP contribution >= 0.6 is 0 Å². The van der Waals surface area contributed by atoms with E-state index in [2.05, 4.69) is 163 Å². The van der Waals surface area contributed by atoms with Gasteiger partial charge in [-0.05, 0) is 147 Å². The maximum Gasteiger partial charge on any atom is 0.135 e. The largest absolute Gasteiger partial charge is 0.456 e. The first-order valence-electron chi connectivity index (χ1n) is 19.4. The van der Waals surface area contributed by atoms with Gasteiger partial charge in [-0.3, -0.25) is 0 Å². The van der Waals surface area contributed by atoms with Gasteiger partial charge in [-0.2, -0.15) is 0 Å². The Hall–Kier alpha value is -5.86. The van der Waals surface area contributed by atoms with E-state index in [1.54, 1.807) is 11.1 Å². The summed E-state index contributed by atoms with van der Waals surface area (Å²) in [6, 6.07) is 60.7. The molecule has 4 unspecified atom stereocenters. The molecule has 0 aliphatic heterocycles. The molecule has 0 amide bonds. The van der Waals surface area contributed by atoms with Gasteiger partial charge in [0.05, 0.1) is 0 Å². The summed E-state index contributed by atoms with van der Waals surface area (Å²) in [7, 11) is 0. The number of benzene rings is 7. The molecular weight excluding hydrogens is 643 g/mol. The van der Waals surface area contributed by atoms with Crippen molar-refractivity contribution < 1.29 is 4.42 Å². The average Bonchev–Trinajstić information content (AvgIpc) is 3.70. The van der Waals surface area contributed by atoms with Crippen molar-refractivity contribution in [2.75, 3.05) is 4.90 Å². The van der Waals surface area contributed by atoms with Gasteiger partial charge in [-0.1, -0.05) is 109 Å². The molecule has 0 N–H and O–H groups in total. The first kappa shape index (κ1) is 28.7. The lowest BCUT2D eigenvalue weighted by Crippen LogP contribution is -2.88. The smallest absolute Gasteiger partial charge is 0.135 e. The normalized spacial score (nSPS) is 26.4. The quantitative estimate of drug-likeness (QED) is 0.180. The fraction of sp³-hybridized carbons (Fsp3) is 0.176. The van der Waals surface area contributed by atoms with E-state index in [-0.39, 0.29) is 5.41 Å². The third-order valence-corrected chi connectivity index (χ3v) is 14.8. The summed E-state index contributed by atoms with van der Waals surface area (Å²) in [5, 5.41) is 2.29. The van der Waals surface area contributed by atoms with Gasteiger partial charge in [0.2, 0.25) is 0 Å². The first-order valence-corrected chi connectivity index (χ1v) is 19.4. The third kappa shape index (κ3) is 3.42. The molecule has 53 heavy (non-hydrogen) atoms. The highest BCUT2D eigenvalue weighted by atomic mass is 16.3. The Morgan fingerprint density at radius 2 is 1.04 bits per heavy atom. The van der Waals surface area contributed by atoms with Crippen molar-refractivity contribution >= 4 is 39.0 Å². The van der Waals surface area contributed by atoms with Crippen LogP contribution in [0.1, 0.15) is 30.4 Å². The van der Waals surface area contributed by atoms with E-state index in [9.17, 15) is 0 Å². The molecule has 0 bridgehead atoms. The van der Waals surface area contributed by atoms with Crippen LogP contribution in [0.5, 0.6) is 0 Å². The summed E-state index contributed by atoms with van der Waals surface area (Å²) in [6.45, 7) is 0. The Morgan fingerprint density at radius 1 is 0.434 bits per heavy atom. The van der Waals surface area contributed by atoms with Gasteiger partial charge < -0.3 is 9.32 Å². The summed E-state index contributed by atoms with van der Waals surface area (Å²) < 4.78 is 6.29. The number of para-hydroxylation sites is 1. The van der Waals surface area contributed by atoms with Crippen LogP contribution in [0.2, 0.25) is 0 Å². The van der Waals surface area contributed by atoms with E-state index in [0.29, 0.717) is 5.41 Å². The Kier molecular flexibility index (Phi) is 5.39. The summed E-state index contributed by atoms with van der Waals surface area (Å²) in [6.07, 6.45) is 4.30. The highest BCUT2D eigenvalue weighted by molar-refractivity contribution is 6.06. The molecule has 2 spiro atoms. The lowest BCUT2D eigenvalue weighted by atomic mass is 9.11. The molecule has 252 valence electrons. The number of fused-ring (bicyclic) bond motifs is 10. The van der Waals surface area contributed by atoms with E-state index in [4.69, 9.17) is 4.42 Å². The second kappa shape index (κ2) is 9.96. The molecule has 5 aliphatic rings. The molecular formula is C51H37NO. The van der Waals surface area contributed by atoms with Gasteiger partial charge >= 0.3 is 0 Å². The van der Waals surface area contributed by atoms with Crippen molar-refractivity contribution in [3.63, 3.8) is 0 Å². The van der Waals surface area contributed by atoms with Gasteiger partial charge in [0.15, 0.2) is 0 Å². The average molecular weight is 680 g/mol. The standard InChI is InChI=1S/C51H37NO/c1-3-9-31(10-4-1)33-15-18-37(19-16-33)52(39-21-24-47-43(30-39)41-13-7-8-14-46(41)53-47)38-20-23-44-42(29-38)40-22-17-34(32-11-5-2-6-12-32)25-45(40)51(44)48-27-35-26-36-28-49(51)50(35,36)48/h1-25,29-30,35-36,48-49H,26-28H2. The fourth-order valence-electron chi connectivity index (χ4n) is 12.7. The van der Waals surface area contributed by atoms with E-state index in [0.717, 1.165) is 57.0 Å². The van der Waals surface area contributed by atoms with Crippen molar-refractivity contribution in [2.24, 2.45) is 29.1 Å². The highest BCUT2D eigenvalue weighted by Gasteiger charge is 2.90. The minimum atomic E-state index is 0.151. The van der Waals surface area contributed by atoms with Crippen molar-refractivity contribution in [1.82, 2.24) is 0 Å². The zero-order chi connectivity index (χ0) is 34.5. The fourth-order valence-corrected chi connectivity index (χ4v) is 12.7. The van der Waals surface area contributed by atoms with E-state index in [1.807, 2.05) is 6.07 Å². The lowest BCUT2D eigenvalue weighted by Gasteiger charge is -2.92. The zero-order valence-corrected chi connectivity index (χ0v) is 29.4. The van der Waals surface area contributed by atoms with Crippen molar-refractivity contribution in [1.29, 1.82) is 0 Å². The molecule has 13 rings (SSSR count). The van der Waals surface area contributed by atoms with Crippen molar-refractivity contribution in [2.45, 2.75) is 24.7 Å². The number of rotatable bonds is 5. The Morgan fingerprint density at radius 3 is 1.79 bits per heavy atom. The van der Waals surface area contributed by atoms with Gasteiger partial charge in [-0.15, -0.1) is 0 Å². The number of anilines is 3. The molecule has 2 nitrogen and oxygen atoms in total. The number of furan rings is 1. The van der Waals surface area contributed by atoms with Crippen LogP contribution in [0, 0.1) is 29.1 Å². The molecule has 8 aromatic rings. The minimum Gasteiger partial charge on any atom is -0.456 e. The Labute approximate surface area is 309 Å². The van der Waals surface area contributed by atoms with Crippen LogP contribution in [0.25, 0.3) is 55.3 Å². The van der Waals surface area contributed by atoms with Gasteiger partial charge in [0.1, 0.15) is 11.2 Å². The van der Waals surface area contributed by atoms with Crippen LogP contribution in [-0.4, -0.2) is 0 Å². The van der Waals surface area contributed by atoms with Gasteiger partial charge in [0.25, 0.3) is 0 Å². The third-order valence-electron chi connectivity index (χ3n) is 14.8. The second-order valence-electron chi connectivity index (χ2n) is 16.5. The zero-order valence-electron chi connectivity index (χ0n) is 29.4. The van der Waals surface area contributed by atoms with Gasteiger partial charge in [-0.25, -0.2) is 0 Å². The summed E-state index contributed by atoms with van der Waals surface area (Å²) >= 11 is 0. The molecule has 4 atom stereocenters. The molecule has 2 heteroatoms. The molecule has 5 aliphatic carbocycles. The number of nitrogens with zero attached hydrogens (tertiary/aromatic N) is 1. The Balaban J connectivity index is 1.00. The summed E-state index contributed by atoms with van der Waals surface area (Å²) in [4.78, 5) is 2.45. The van der Waals surface area contributed by atoms with E-state index in [1.165, 1.54) is 58.3 Å². The minimum absolute atomic E-state index is 0.151. The molecule has 0 radical (unpaired) electrons. The van der Waals surface area contributed by atoms with Crippen molar-refractivity contribution in [3.05, 3.63) is 175 Å².